The van der Waals surface area contributed by atoms with Gasteiger partial charge in [0, 0.05) is 0 Å². The molecule has 2 rings (SSSR count). The zero-order valence-corrected chi connectivity index (χ0v) is 9.04. The molecule has 2 unspecified atom stereocenters. The van der Waals surface area contributed by atoms with Crippen LogP contribution in [0.4, 0.5) is 0 Å². The van der Waals surface area contributed by atoms with Crippen molar-refractivity contribution >= 4 is 5.91 Å². The molecule has 1 aliphatic carbocycles. The van der Waals surface area contributed by atoms with Gasteiger partial charge in [0.1, 0.15) is 19.2 Å². The average molecular weight is 224 g/mol. The highest BCUT2D eigenvalue weighted by Crippen LogP contribution is 2.18. The molecule has 1 aromatic heterocycles. The van der Waals surface area contributed by atoms with Crippen molar-refractivity contribution in [2.24, 2.45) is 0 Å². The summed E-state index contributed by atoms with van der Waals surface area (Å²) in [4.78, 5) is 15.4. The van der Waals surface area contributed by atoms with E-state index in [4.69, 9.17) is 0 Å². The van der Waals surface area contributed by atoms with Gasteiger partial charge in [0.05, 0.1) is 12.1 Å². The Morgan fingerprint density at radius 2 is 2.31 bits per heavy atom. The first kappa shape index (κ1) is 11.1. The van der Waals surface area contributed by atoms with E-state index >= 15 is 0 Å². The highest BCUT2D eigenvalue weighted by atomic mass is 16.3. The van der Waals surface area contributed by atoms with E-state index < -0.39 is 6.10 Å². The molecular weight excluding hydrogens is 208 g/mol. The summed E-state index contributed by atoms with van der Waals surface area (Å²) in [5, 5.41) is 16.4. The van der Waals surface area contributed by atoms with Crippen molar-refractivity contribution in [3.63, 3.8) is 0 Å². The van der Waals surface area contributed by atoms with Crippen molar-refractivity contribution in [2.75, 3.05) is 0 Å². The summed E-state index contributed by atoms with van der Waals surface area (Å²) < 4.78 is 1.46. The first-order chi connectivity index (χ1) is 7.75. The number of nitrogens with zero attached hydrogens (tertiary/aromatic N) is 3. The Hall–Kier alpha value is -1.43. The van der Waals surface area contributed by atoms with Crippen molar-refractivity contribution < 1.29 is 9.90 Å². The second-order valence-corrected chi connectivity index (χ2v) is 4.12. The molecule has 2 N–H and O–H groups in total. The molecule has 1 saturated carbocycles. The normalized spacial score (nSPS) is 25.3. The SMILES string of the molecule is O=C(Cn1cncn1)NC1CCCCC1O. The van der Waals surface area contributed by atoms with Crippen LogP contribution in [0.2, 0.25) is 0 Å². The van der Waals surface area contributed by atoms with Gasteiger partial charge in [-0.25, -0.2) is 9.67 Å². The first-order valence-corrected chi connectivity index (χ1v) is 5.55. The van der Waals surface area contributed by atoms with Crippen molar-refractivity contribution in [3.05, 3.63) is 12.7 Å². The highest BCUT2D eigenvalue weighted by molar-refractivity contribution is 5.76. The third kappa shape index (κ3) is 2.79. The largest absolute Gasteiger partial charge is 0.391 e. The van der Waals surface area contributed by atoms with Crippen molar-refractivity contribution in [1.82, 2.24) is 20.1 Å². The van der Waals surface area contributed by atoms with Crippen LogP contribution in [0, 0.1) is 0 Å². The molecule has 0 aromatic carbocycles. The van der Waals surface area contributed by atoms with Crippen LogP contribution in [-0.2, 0) is 11.3 Å². The Bertz CT molecular complexity index is 339. The van der Waals surface area contributed by atoms with E-state index in [1.54, 1.807) is 0 Å². The summed E-state index contributed by atoms with van der Waals surface area (Å²) in [5.74, 6) is -0.128. The maximum atomic E-state index is 11.6. The smallest absolute Gasteiger partial charge is 0.242 e. The number of hydrogen-bond acceptors (Lipinski definition) is 4. The van der Waals surface area contributed by atoms with Gasteiger partial charge in [-0.05, 0) is 12.8 Å². The molecule has 16 heavy (non-hydrogen) atoms. The number of aliphatic hydroxyl groups excluding tert-OH is 1. The van der Waals surface area contributed by atoms with Gasteiger partial charge in [-0.1, -0.05) is 12.8 Å². The monoisotopic (exact) mass is 224 g/mol. The number of carbonyl (C=O) groups is 1. The molecular formula is C10H16N4O2. The van der Waals surface area contributed by atoms with Gasteiger partial charge in [0.2, 0.25) is 5.91 Å². The fraction of sp³-hybridized carbons (Fsp3) is 0.700. The molecule has 1 aliphatic rings. The van der Waals surface area contributed by atoms with Crippen molar-refractivity contribution in [3.8, 4) is 0 Å². The van der Waals surface area contributed by atoms with E-state index in [2.05, 4.69) is 15.4 Å². The molecule has 1 fully saturated rings. The number of rotatable bonds is 3. The maximum absolute atomic E-state index is 11.6. The predicted molar refractivity (Wildman–Crippen MR) is 56.4 cm³/mol. The molecule has 1 amide bonds. The number of aromatic nitrogens is 3. The Morgan fingerprint density at radius 1 is 1.50 bits per heavy atom. The van der Waals surface area contributed by atoms with E-state index in [0.717, 1.165) is 25.7 Å². The molecule has 2 atom stereocenters. The maximum Gasteiger partial charge on any atom is 0.242 e. The number of hydrogen-bond donors (Lipinski definition) is 2. The summed E-state index contributed by atoms with van der Waals surface area (Å²) in [6.45, 7) is 0.156. The van der Waals surface area contributed by atoms with Crippen LogP contribution < -0.4 is 5.32 Å². The molecule has 0 radical (unpaired) electrons. The van der Waals surface area contributed by atoms with Crippen molar-refractivity contribution in [1.29, 1.82) is 0 Å². The van der Waals surface area contributed by atoms with Crippen LogP contribution in [-0.4, -0.2) is 37.9 Å². The molecule has 0 spiro atoms. The van der Waals surface area contributed by atoms with Crippen LogP contribution in [0.25, 0.3) is 0 Å². The third-order valence-electron chi connectivity index (χ3n) is 2.85. The molecule has 1 heterocycles. The highest BCUT2D eigenvalue weighted by Gasteiger charge is 2.24. The standard InChI is InChI=1S/C10H16N4O2/c15-9-4-2-1-3-8(9)13-10(16)5-14-7-11-6-12-14/h6-9,15H,1-5H2,(H,13,16). The molecule has 0 saturated heterocycles. The Kier molecular flexibility index (Phi) is 3.51. The van der Waals surface area contributed by atoms with Crippen LogP contribution >= 0.6 is 0 Å². The lowest BCUT2D eigenvalue weighted by Gasteiger charge is -2.28. The number of nitrogens with one attached hydrogen (secondary N) is 1. The number of amides is 1. The minimum absolute atomic E-state index is 0.107. The second-order valence-electron chi connectivity index (χ2n) is 4.12. The topological polar surface area (TPSA) is 80.0 Å². The Morgan fingerprint density at radius 3 is 3.00 bits per heavy atom. The molecule has 88 valence electrons. The summed E-state index contributed by atoms with van der Waals surface area (Å²) in [5.41, 5.74) is 0. The van der Waals surface area contributed by atoms with E-state index in [-0.39, 0.29) is 18.5 Å². The molecule has 6 heteroatoms. The van der Waals surface area contributed by atoms with Gasteiger partial charge in [-0.2, -0.15) is 5.10 Å². The quantitative estimate of drug-likeness (QED) is 0.738. The molecule has 0 bridgehead atoms. The molecule has 1 aromatic rings. The zero-order chi connectivity index (χ0) is 11.4. The van der Waals surface area contributed by atoms with Crippen LogP contribution in [0.1, 0.15) is 25.7 Å². The van der Waals surface area contributed by atoms with Gasteiger partial charge in [0.15, 0.2) is 0 Å². The van der Waals surface area contributed by atoms with Crippen LogP contribution in [0.15, 0.2) is 12.7 Å². The van der Waals surface area contributed by atoms with Crippen LogP contribution in [0.5, 0.6) is 0 Å². The van der Waals surface area contributed by atoms with E-state index in [0.29, 0.717) is 0 Å². The number of carbonyl (C=O) groups excluding carboxylic acids is 1. The lowest BCUT2D eigenvalue weighted by Crippen LogP contribution is -2.46. The van der Waals surface area contributed by atoms with Crippen molar-refractivity contribution in [2.45, 2.75) is 44.4 Å². The minimum atomic E-state index is -0.409. The first-order valence-electron chi connectivity index (χ1n) is 5.55. The lowest BCUT2D eigenvalue weighted by molar-refractivity contribution is -0.123. The van der Waals surface area contributed by atoms with Gasteiger partial charge >= 0.3 is 0 Å². The van der Waals surface area contributed by atoms with E-state index in [9.17, 15) is 9.90 Å². The van der Waals surface area contributed by atoms with E-state index in [1.807, 2.05) is 0 Å². The van der Waals surface area contributed by atoms with Gasteiger partial charge in [0.25, 0.3) is 0 Å². The van der Waals surface area contributed by atoms with Gasteiger partial charge in [-0.3, -0.25) is 4.79 Å². The predicted octanol–water partition coefficient (Wildman–Crippen LogP) is -0.302. The molecule has 0 aliphatic heterocycles. The summed E-state index contributed by atoms with van der Waals surface area (Å²) in [7, 11) is 0. The molecule has 6 nitrogen and oxygen atoms in total. The third-order valence-corrected chi connectivity index (χ3v) is 2.85. The Labute approximate surface area is 93.7 Å². The Balaban J connectivity index is 1.82. The van der Waals surface area contributed by atoms with E-state index in [1.165, 1.54) is 17.3 Å². The average Bonchev–Trinajstić information content (AvgIpc) is 2.74. The van der Waals surface area contributed by atoms with Gasteiger partial charge < -0.3 is 10.4 Å². The van der Waals surface area contributed by atoms with Crippen LogP contribution in [0.3, 0.4) is 0 Å². The summed E-state index contributed by atoms with van der Waals surface area (Å²) in [6, 6.07) is -0.107. The summed E-state index contributed by atoms with van der Waals surface area (Å²) in [6.07, 6.45) is 6.20. The lowest BCUT2D eigenvalue weighted by atomic mass is 9.92. The number of aliphatic hydroxyl groups is 1. The van der Waals surface area contributed by atoms with Gasteiger partial charge in [-0.15, -0.1) is 0 Å². The fourth-order valence-electron chi connectivity index (χ4n) is 1.99. The second kappa shape index (κ2) is 5.07. The summed E-state index contributed by atoms with van der Waals surface area (Å²) >= 11 is 0. The fourth-order valence-corrected chi connectivity index (χ4v) is 1.99. The minimum Gasteiger partial charge on any atom is -0.391 e. The zero-order valence-electron chi connectivity index (χ0n) is 9.04.